The van der Waals surface area contributed by atoms with Gasteiger partial charge in [-0.1, -0.05) is 25.7 Å². The smallest absolute Gasteiger partial charge is 0.191 e. The van der Waals surface area contributed by atoms with Crippen LogP contribution in [0.4, 0.5) is 0 Å². The van der Waals surface area contributed by atoms with E-state index in [0.29, 0.717) is 12.0 Å². The first kappa shape index (κ1) is 13.3. The van der Waals surface area contributed by atoms with E-state index >= 15 is 0 Å². The van der Waals surface area contributed by atoms with E-state index in [9.17, 15) is 0 Å². The number of guanidine groups is 1. The minimum atomic E-state index is -0.0803. The lowest BCUT2D eigenvalue weighted by atomic mass is 10.1. The highest BCUT2D eigenvalue weighted by Gasteiger charge is 2.19. The van der Waals surface area contributed by atoms with E-state index in [1.807, 2.05) is 0 Å². The maximum Gasteiger partial charge on any atom is 0.191 e. The van der Waals surface area contributed by atoms with Crippen LogP contribution in [0.5, 0.6) is 0 Å². The lowest BCUT2D eigenvalue weighted by Crippen LogP contribution is -2.43. The molecule has 0 atom stereocenters. The molecule has 0 bridgehead atoms. The Balaban J connectivity index is 2.61. The Bertz CT molecular complexity index is 232. The average molecular weight is 225 g/mol. The predicted octanol–water partition coefficient (Wildman–Crippen LogP) is 2.75. The van der Waals surface area contributed by atoms with Crippen molar-refractivity contribution in [1.29, 1.82) is 0 Å². The van der Waals surface area contributed by atoms with Crippen molar-refractivity contribution >= 4 is 5.96 Å². The zero-order valence-corrected chi connectivity index (χ0v) is 11.3. The number of hydrogen-bond donors (Lipinski definition) is 1. The minimum absolute atomic E-state index is 0.0803. The van der Waals surface area contributed by atoms with Crippen molar-refractivity contribution in [3.05, 3.63) is 0 Å². The molecule has 1 aliphatic rings. The SMILES string of the molecule is CN(C(N)=NC(C)(C)C)C1CCCCCC1. The summed E-state index contributed by atoms with van der Waals surface area (Å²) in [4.78, 5) is 6.71. The lowest BCUT2D eigenvalue weighted by molar-refractivity contribution is 0.323. The molecule has 0 unspecified atom stereocenters. The van der Waals surface area contributed by atoms with Crippen LogP contribution in [0.25, 0.3) is 0 Å². The van der Waals surface area contributed by atoms with Gasteiger partial charge in [0.15, 0.2) is 5.96 Å². The summed E-state index contributed by atoms with van der Waals surface area (Å²) >= 11 is 0. The fourth-order valence-electron chi connectivity index (χ4n) is 2.25. The molecule has 0 spiro atoms. The number of aliphatic imine (C=N–C) groups is 1. The third kappa shape index (κ3) is 4.42. The number of rotatable bonds is 1. The average Bonchev–Trinajstić information content (AvgIpc) is 2.41. The molecule has 0 aromatic rings. The molecule has 0 aromatic carbocycles. The Morgan fingerprint density at radius 2 is 1.62 bits per heavy atom. The van der Waals surface area contributed by atoms with Crippen molar-refractivity contribution in [2.24, 2.45) is 10.7 Å². The molecule has 1 fully saturated rings. The predicted molar refractivity (Wildman–Crippen MR) is 70.6 cm³/mol. The third-order valence-electron chi connectivity index (χ3n) is 3.18. The Morgan fingerprint density at radius 1 is 1.12 bits per heavy atom. The third-order valence-corrected chi connectivity index (χ3v) is 3.18. The number of nitrogens with two attached hydrogens (primary N) is 1. The highest BCUT2D eigenvalue weighted by Crippen LogP contribution is 2.21. The molecule has 0 aliphatic heterocycles. The van der Waals surface area contributed by atoms with Gasteiger partial charge in [-0.15, -0.1) is 0 Å². The highest BCUT2D eigenvalue weighted by molar-refractivity contribution is 5.78. The summed E-state index contributed by atoms with van der Waals surface area (Å²) in [6.07, 6.45) is 7.94. The second kappa shape index (κ2) is 5.55. The van der Waals surface area contributed by atoms with Crippen LogP contribution < -0.4 is 5.73 Å². The van der Waals surface area contributed by atoms with E-state index in [1.165, 1.54) is 38.5 Å². The van der Waals surface area contributed by atoms with Crippen LogP contribution in [0.2, 0.25) is 0 Å². The van der Waals surface area contributed by atoms with Gasteiger partial charge in [-0.3, -0.25) is 0 Å². The Morgan fingerprint density at radius 3 is 2.06 bits per heavy atom. The molecule has 1 aliphatic carbocycles. The molecule has 2 N–H and O–H groups in total. The maximum atomic E-state index is 6.06. The van der Waals surface area contributed by atoms with E-state index in [4.69, 9.17) is 5.73 Å². The summed E-state index contributed by atoms with van der Waals surface area (Å²) in [5.74, 6) is 0.694. The molecular weight excluding hydrogens is 198 g/mol. The van der Waals surface area contributed by atoms with E-state index in [-0.39, 0.29) is 5.54 Å². The molecule has 0 heterocycles. The van der Waals surface area contributed by atoms with Gasteiger partial charge >= 0.3 is 0 Å². The maximum absolute atomic E-state index is 6.06. The van der Waals surface area contributed by atoms with Gasteiger partial charge in [-0.05, 0) is 33.6 Å². The van der Waals surface area contributed by atoms with E-state index in [0.717, 1.165) is 0 Å². The lowest BCUT2D eigenvalue weighted by Gasteiger charge is -2.29. The standard InChI is InChI=1S/C13H27N3/c1-13(2,3)15-12(14)16(4)11-9-7-5-6-8-10-11/h11H,5-10H2,1-4H3,(H2,14,15). The zero-order valence-electron chi connectivity index (χ0n) is 11.3. The monoisotopic (exact) mass is 225 g/mol. The summed E-state index contributed by atoms with van der Waals surface area (Å²) < 4.78 is 0. The first-order chi connectivity index (χ1) is 7.40. The second-order valence-corrected chi connectivity index (χ2v) is 5.90. The normalized spacial score (nSPS) is 20.6. The fourth-order valence-corrected chi connectivity index (χ4v) is 2.25. The first-order valence-corrected chi connectivity index (χ1v) is 6.48. The molecule has 3 nitrogen and oxygen atoms in total. The van der Waals surface area contributed by atoms with E-state index < -0.39 is 0 Å². The van der Waals surface area contributed by atoms with Crippen molar-refractivity contribution in [2.75, 3.05) is 7.05 Å². The Kier molecular flexibility index (Phi) is 4.63. The van der Waals surface area contributed by atoms with Crippen molar-refractivity contribution in [1.82, 2.24) is 4.90 Å². The van der Waals surface area contributed by atoms with Gasteiger partial charge in [-0.25, -0.2) is 4.99 Å². The van der Waals surface area contributed by atoms with Crippen LogP contribution in [0.3, 0.4) is 0 Å². The van der Waals surface area contributed by atoms with Crippen LogP contribution in [0.1, 0.15) is 59.3 Å². The van der Waals surface area contributed by atoms with E-state index in [2.05, 4.69) is 37.7 Å². The molecular formula is C13H27N3. The fraction of sp³-hybridized carbons (Fsp3) is 0.923. The van der Waals surface area contributed by atoms with E-state index in [1.54, 1.807) is 0 Å². The van der Waals surface area contributed by atoms with Crippen molar-refractivity contribution < 1.29 is 0 Å². The van der Waals surface area contributed by atoms with Crippen LogP contribution >= 0.6 is 0 Å². The zero-order chi connectivity index (χ0) is 12.2. The summed E-state index contributed by atoms with van der Waals surface area (Å²) in [5, 5.41) is 0. The Labute approximate surface area is 100 Å². The quantitative estimate of drug-likeness (QED) is 0.423. The summed E-state index contributed by atoms with van der Waals surface area (Å²) in [6.45, 7) is 6.25. The number of hydrogen-bond acceptors (Lipinski definition) is 1. The molecule has 1 saturated carbocycles. The van der Waals surface area contributed by atoms with Crippen LogP contribution in [0.15, 0.2) is 4.99 Å². The largest absolute Gasteiger partial charge is 0.370 e. The van der Waals surface area contributed by atoms with Crippen LogP contribution in [-0.4, -0.2) is 29.5 Å². The summed E-state index contributed by atoms with van der Waals surface area (Å²) in [6, 6.07) is 0.591. The van der Waals surface area contributed by atoms with Gasteiger partial charge in [0.05, 0.1) is 5.54 Å². The molecule has 0 saturated heterocycles. The topological polar surface area (TPSA) is 41.6 Å². The first-order valence-electron chi connectivity index (χ1n) is 6.48. The van der Waals surface area contributed by atoms with Gasteiger partial charge < -0.3 is 10.6 Å². The summed E-state index contributed by atoms with van der Waals surface area (Å²) in [5.41, 5.74) is 5.98. The molecule has 1 rings (SSSR count). The van der Waals surface area contributed by atoms with Crippen molar-refractivity contribution in [2.45, 2.75) is 70.9 Å². The number of nitrogens with zero attached hydrogens (tertiary/aromatic N) is 2. The van der Waals surface area contributed by atoms with Gasteiger partial charge in [0.2, 0.25) is 0 Å². The van der Waals surface area contributed by atoms with Gasteiger partial charge in [0.25, 0.3) is 0 Å². The summed E-state index contributed by atoms with van der Waals surface area (Å²) in [7, 11) is 2.08. The van der Waals surface area contributed by atoms with Crippen molar-refractivity contribution in [3.63, 3.8) is 0 Å². The second-order valence-electron chi connectivity index (χ2n) is 5.90. The van der Waals surface area contributed by atoms with Crippen molar-refractivity contribution in [3.8, 4) is 0 Å². The molecule has 0 radical (unpaired) electrons. The van der Waals surface area contributed by atoms with Gasteiger partial charge in [0.1, 0.15) is 0 Å². The Hall–Kier alpha value is -0.730. The molecule has 16 heavy (non-hydrogen) atoms. The minimum Gasteiger partial charge on any atom is -0.370 e. The highest BCUT2D eigenvalue weighted by atomic mass is 15.3. The molecule has 0 amide bonds. The van der Waals surface area contributed by atoms with Crippen LogP contribution in [-0.2, 0) is 0 Å². The van der Waals surface area contributed by atoms with Gasteiger partial charge in [0, 0.05) is 13.1 Å². The molecule has 3 heteroatoms. The van der Waals surface area contributed by atoms with Gasteiger partial charge in [-0.2, -0.15) is 0 Å². The molecule has 94 valence electrons. The molecule has 0 aromatic heterocycles. The van der Waals surface area contributed by atoms with Crippen LogP contribution in [0, 0.1) is 0 Å².